The van der Waals surface area contributed by atoms with Gasteiger partial charge in [0.15, 0.2) is 0 Å². The highest BCUT2D eigenvalue weighted by atomic mass is 35.5. The molecular formula is C27H34ClN5O4Si. The van der Waals surface area contributed by atoms with Crippen LogP contribution < -0.4 is 9.64 Å². The van der Waals surface area contributed by atoms with Gasteiger partial charge in [-0.3, -0.25) is 4.90 Å². The van der Waals surface area contributed by atoms with Crippen LogP contribution in [0.1, 0.15) is 31.9 Å². The minimum Gasteiger partial charge on any atom is -0.474 e. The molecule has 0 fully saturated rings. The molecule has 0 bridgehead atoms. The average molecular weight is 556 g/mol. The first-order chi connectivity index (χ1) is 17.7. The third-order valence-electron chi connectivity index (χ3n) is 6.83. The first-order valence-corrected chi connectivity index (χ1v) is 16.6. The number of hydrogen-bond donors (Lipinski definition) is 1. The van der Waals surface area contributed by atoms with E-state index in [2.05, 4.69) is 30.7 Å². The molecule has 2 aromatic heterocycles. The highest BCUT2D eigenvalue weighted by Gasteiger charge is 2.41. The number of nitrogens with zero attached hydrogens (tertiary/aromatic N) is 5. The Hall–Kier alpha value is -3.13. The van der Waals surface area contributed by atoms with Crippen molar-refractivity contribution in [3.63, 3.8) is 0 Å². The minimum absolute atomic E-state index is 0.210. The van der Waals surface area contributed by atoms with Crippen molar-refractivity contribution in [2.24, 2.45) is 5.41 Å². The van der Waals surface area contributed by atoms with Crippen molar-refractivity contribution in [3.05, 3.63) is 34.5 Å². The molecule has 1 N–H and O–H groups in total. The summed E-state index contributed by atoms with van der Waals surface area (Å²) in [7, 11) is -1.26. The zero-order valence-electron chi connectivity index (χ0n) is 22.9. The Balaban J connectivity index is 1.85. The molecule has 0 saturated heterocycles. The molecule has 1 atom stereocenters. The van der Waals surface area contributed by atoms with E-state index in [9.17, 15) is 15.2 Å². The van der Waals surface area contributed by atoms with E-state index >= 15 is 0 Å². The highest BCUT2D eigenvalue weighted by molar-refractivity contribution is 6.76. The molecule has 0 aliphatic carbocycles. The summed E-state index contributed by atoms with van der Waals surface area (Å²) in [5.74, 6) is 0.275. The van der Waals surface area contributed by atoms with E-state index in [1.807, 2.05) is 27.7 Å². The van der Waals surface area contributed by atoms with Gasteiger partial charge < -0.3 is 14.6 Å². The van der Waals surface area contributed by atoms with E-state index in [0.29, 0.717) is 45.2 Å². The van der Waals surface area contributed by atoms with Crippen molar-refractivity contribution in [2.45, 2.75) is 66.2 Å². The van der Waals surface area contributed by atoms with Crippen LogP contribution in [0, 0.1) is 23.7 Å². The van der Waals surface area contributed by atoms with Gasteiger partial charge in [-0.1, -0.05) is 52.0 Å². The maximum Gasteiger partial charge on any atom is 0.412 e. The van der Waals surface area contributed by atoms with Crippen molar-refractivity contribution in [2.75, 3.05) is 18.1 Å². The summed E-state index contributed by atoms with van der Waals surface area (Å²) in [5, 5.41) is 25.7. The normalized spacial score (nSPS) is 15.8. The van der Waals surface area contributed by atoms with Gasteiger partial charge in [0, 0.05) is 31.8 Å². The fourth-order valence-electron chi connectivity index (χ4n) is 4.56. The van der Waals surface area contributed by atoms with Gasteiger partial charge in [-0.25, -0.2) is 14.5 Å². The summed E-state index contributed by atoms with van der Waals surface area (Å²) in [5.41, 5.74) is 3.00. The molecule has 1 unspecified atom stereocenters. The number of halogens is 1. The summed E-state index contributed by atoms with van der Waals surface area (Å²) in [4.78, 5) is 18.3. The molecule has 3 heterocycles. The number of hydrogen-bond acceptors (Lipinski definition) is 6. The lowest BCUT2D eigenvalue weighted by Crippen LogP contribution is -2.53. The highest BCUT2D eigenvalue weighted by Crippen LogP contribution is 2.44. The molecule has 1 aromatic carbocycles. The van der Waals surface area contributed by atoms with E-state index < -0.39 is 20.2 Å². The van der Waals surface area contributed by atoms with E-state index in [4.69, 9.17) is 26.2 Å². The van der Waals surface area contributed by atoms with Crippen molar-refractivity contribution in [1.29, 1.82) is 5.26 Å². The van der Waals surface area contributed by atoms with Crippen molar-refractivity contribution in [1.82, 2.24) is 14.8 Å². The second-order valence-corrected chi connectivity index (χ2v) is 18.0. The standard InChI is InChI=1S/C27H34ClN5O4Si/c1-16-19(13-30-25-24(16)33(26(34)35)22(14-37-25)27(2,3)4)23-18-11-20(28)17(12-29)10-21(18)32(31-23)15-36-8-9-38(5,6)7/h10-11,13,22H,8-9,14-15H2,1-7H3,(H,34,35). The number of fused-ring (bicyclic) bond motifs is 2. The molecule has 1 amide bonds. The molecule has 202 valence electrons. The molecule has 0 spiro atoms. The van der Waals surface area contributed by atoms with E-state index in [0.717, 1.165) is 11.4 Å². The molecule has 0 radical (unpaired) electrons. The summed E-state index contributed by atoms with van der Waals surface area (Å²) in [6.45, 7) is 15.7. The summed E-state index contributed by atoms with van der Waals surface area (Å²) >= 11 is 6.43. The van der Waals surface area contributed by atoms with Crippen molar-refractivity contribution >= 4 is 42.4 Å². The van der Waals surface area contributed by atoms with Crippen molar-refractivity contribution < 1.29 is 19.4 Å². The number of aromatic nitrogens is 3. The molecule has 1 aliphatic heterocycles. The maximum absolute atomic E-state index is 12.5. The average Bonchev–Trinajstić information content (AvgIpc) is 3.16. The predicted molar refractivity (Wildman–Crippen MR) is 151 cm³/mol. The van der Waals surface area contributed by atoms with Gasteiger partial charge in [0.2, 0.25) is 5.88 Å². The van der Waals surface area contributed by atoms with Gasteiger partial charge in [-0.05, 0) is 36.1 Å². The van der Waals surface area contributed by atoms with Gasteiger partial charge in [0.1, 0.15) is 30.8 Å². The Morgan fingerprint density at radius 1 is 1.34 bits per heavy atom. The first kappa shape index (κ1) is 27.9. The number of amides is 1. The number of benzene rings is 1. The lowest BCUT2D eigenvalue weighted by Gasteiger charge is -2.42. The number of carbonyl (C=O) groups is 1. The topological polar surface area (TPSA) is 114 Å². The van der Waals surface area contributed by atoms with Crippen LogP contribution in [0.5, 0.6) is 5.88 Å². The molecule has 4 rings (SSSR count). The second kappa shape index (κ2) is 10.2. The van der Waals surface area contributed by atoms with E-state index in [1.165, 1.54) is 4.90 Å². The van der Waals surface area contributed by atoms with Crippen molar-refractivity contribution in [3.8, 4) is 23.2 Å². The molecule has 38 heavy (non-hydrogen) atoms. The molecular weight excluding hydrogens is 522 g/mol. The number of nitriles is 1. The zero-order valence-corrected chi connectivity index (χ0v) is 24.7. The molecule has 9 nitrogen and oxygen atoms in total. The largest absolute Gasteiger partial charge is 0.474 e. The van der Waals surface area contributed by atoms with Crippen LogP contribution in [0.15, 0.2) is 18.3 Å². The number of anilines is 1. The maximum atomic E-state index is 12.5. The Labute approximate surface area is 228 Å². The summed E-state index contributed by atoms with van der Waals surface area (Å²) < 4.78 is 13.6. The number of rotatable bonds is 6. The van der Waals surface area contributed by atoms with Crippen LogP contribution in [0.3, 0.4) is 0 Å². The third-order valence-corrected chi connectivity index (χ3v) is 8.85. The molecule has 3 aromatic rings. The Morgan fingerprint density at radius 3 is 2.66 bits per heavy atom. The smallest absolute Gasteiger partial charge is 0.412 e. The zero-order chi connectivity index (χ0) is 28.0. The van der Waals surface area contributed by atoms with Crippen LogP contribution in [0.2, 0.25) is 30.7 Å². The lowest BCUT2D eigenvalue weighted by atomic mass is 9.85. The van der Waals surface area contributed by atoms with Crippen LogP contribution in [0.25, 0.3) is 22.2 Å². The lowest BCUT2D eigenvalue weighted by molar-refractivity contribution is 0.0818. The Bertz CT molecular complexity index is 1430. The van der Waals surface area contributed by atoms with Crippen LogP contribution in [0.4, 0.5) is 10.5 Å². The predicted octanol–water partition coefficient (Wildman–Crippen LogP) is 6.54. The summed E-state index contributed by atoms with van der Waals surface area (Å²) in [6, 6.07) is 6.18. The molecule has 0 saturated carbocycles. The monoisotopic (exact) mass is 555 g/mol. The van der Waals surface area contributed by atoms with E-state index in [1.54, 1.807) is 23.0 Å². The van der Waals surface area contributed by atoms with Gasteiger partial charge in [-0.15, -0.1) is 0 Å². The molecule has 1 aliphatic rings. The Kier molecular flexibility index (Phi) is 7.49. The molecule has 11 heteroatoms. The van der Waals surface area contributed by atoms with Crippen LogP contribution in [-0.2, 0) is 11.5 Å². The van der Waals surface area contributed by atoms with Gasteiger partial charge in [0.05, 0.1) is 22.1 Å². The second-order valence-electron chi connectivity index (χ2n) is 12.0. The van der Waals surface area contributed by atoms with Crippen LogP contribution in [-0.4, -0.2) is 53.3 Å². The fraction of sp³-hybridized carbons (Fsp3) is 0.481. The number of pyridine rings is 1. The van der Waals surface area contributed by atoms with Gasteiger partial charge in [0.25, 0.3) is 0 Å². The number of carboxylic acid groups (broad SMARTS) is 1. The first-order valence-electron chi connectivity index (χ1n) is 12.6. The van der Waals surface area contributed by atoms with E-state index in [-0.39, 0.29) is 24.6 Å². The SMILES string of the molecule is Cc1c(-c2nn(COCC[Si](C)(C)C)c3cc(C#N)c(Cl)cc23)cnc2c1N(C(=O)O)C(C(C)(C)C)CO2. The third kappa shape index (κ3) is 5.37. The fourth-order valence-corrected chi connectivity index (χ4v) is 5.52. The van der Waals surface area contributed by atoms with Gasteiger partial charge >= 0.3 is 6.09 Å². The quantitative estimate of drug-likeness (QED) is 0.271. The Morgan fingerprint density at radius 2 is 2.05 bits per heavy atom. The van der Waals surface area contributed by atoms with Crippen LogP contribution >= 0.6 is 11.6 Å². The number of ether oxygens (including phenoxy) is 2. The minimum atomic E-state index is -1.26. The van der Waals surface area contributed by atoms with Gasteiger partial charge in [-0.2, -0.15) is 10.4 Å². The summed E-state index contributed by atoms with van der Waals surface area (Å²) in [6.07, 6.45) is 0.583.